The molecule has 3 nitrogen and oxygen atoms in total. The number of benzene rings is 3. The van der Waals surface area contributed by atoms with Gasteiger partial charge in [0.25, 0.3) is 0 Å². The van der Waals surface area contributed by atoms with E-state index in [1.54, 1.807) is 6.07 Å². The van der Waals surface area contributed by atoms with Crippen molar-refractivity contribution in [2.45, 2.75) is 20.1 Å². The monoisotopic (exact) mass is 410 g/mol. The molecule has 3 aromatic carbocycles. The topological polar surface area (TPSA) is 26.2 Å². The van der Waals surface area contributed by atoms with Gasteiger partial charge in [-0.1, -0.05) is 30.3 Å². The molecule has 0 amide bonds. The number of aryl methyl sites for hydroxylation is 2. The van der Waals surface area contributed by atoms with Gasteiger partial charge < -0.3 is 9.15 Å². The van der Waals surface area contributed by atoms with Crippen LogP contribution in [0.15, 0.2) is 71.3 Å². The Morgan fingerprint density at radius 1 is 0.839 bits per heavy atom. The van der Waals surface area contributed by atoms with E-state index in [9.17, 15) is 0 Å². The molecule has 1 aliphatic rings. The van der Waals surface area contributed by atoms with Crippen LogP contribution in [0.2, 0.25) is 0 Å². The molecule has 152 valence electrons. The fourth-order valence-corrected chi connectivity index (χ4v) is 4.77. The lowest BCUT2D eigenvalue weighted by molar-refractivity contribution is -0.660. The van der Waals surface area contributed by atoms with E-state index in [0.717, 1.165) is 49.9 Å². The number of rotatable bonds is 2. The van der Waals surface area contributed by atoms with Crippen molar-refractivity contribution in [2.24, 2.45) is 7.05 Å². The number of ether oxygens (including phenoxy) is 1. The Balaban J connectivity index is 1.72. The predicted octanol–water partition coefficient (Wildman–Crippen LogP) is 6.22. The zero-order valence-electron chi connectivity index (χ0n) is 17.4. The second kappa shape index (κ2) is 6.76. The molecule has 4 heteroatoms. The SMILES string of the molecule is Cc1ccc2c(oc3c(-c4cccc5c4COC5)c(F)ccc32)c1-c1cccc[n+]1C. The van der Waals surface area contributed by atoms with Crippen molar-refractivity contribution >= 4 is 21.9 Å². The van der Waals surface area contributed by atoms with Gasteiger partial charge in [-0.3, -0.25) is 0 Å². The van der Waals surface area contributed by atoms with Crippen LogP contribution in [0.1, 0.15) is 16.7 Å². The van der Waals surface area contributed by atoms with Crippen molar-refractivity contribution in [3.8, 4) is 22.4 Å². The number of fused-ring (bicyclic) bond motifs is 4. The molecular weight excluding hydrogens is 389 g/mol. The Morgan fingerprint density at radius 2 is 1.65 bits per heavy atom. The Labute approximate surface area is 179 Å². The third-order valence-electron chi connectivity index (χ3n) is 6.32. The third kappa shape index (κ3) is 2.65. The van der Waals surface area contributed by atoms with E-state index in [-0.39, 0.29) is 5.82 Å². The maximum atomic E-state index is 15.3. The third-order valence-corrected chi connectivity index (χ3v) is 6.32. The summed E-state index contributed by atoms with van der Waals surface area (Å²) in [5, 5.41) is 1.91. The Kier molecular flexibility index (Phi) is 3.99. The Hall–Kier alpha value is -3.50. The largest absolute Gasteiger partial charge is 0.454 e. The first-order valence-corrected chi connectivity index (χ1v) is 10.4. The predicted molar refractivity (Wildman–Crippen MR) is 119 cm³/mol. The quantitative estimate of drug-likeness (QED) is 0.323. The van der Waals surface area contributed by atoms with E-state index in [0.29, 0.717) is 24.4 Å². The number of halogens is 1. The summed E-state index contributed by atoms with van der Waals surface area (Å²) in [6.45, 7) is 3.14. The standard InChI is InChI=1S/C27H21FNO2/c1-16-9-10-19-20-11-12-22(28)25(18-7-5-6-17-14-30-15-21(17)18)27(20)31-26(19)24(16)23-8-3-4-13-29(23)2/h3-13H,14-15H2,1-2H3/q+1. The smallest absolute Gasteiger partial charge is 0.216 e. The van der Waals surface area contributed by atoms with Gasteiger partial charge in [-0.15, -0.1) is 0 Å². The van der Waals surface area contributed by atoms with Gasteiger partial charge in [0.05, 0.1) is 24.3 Å². The number of hydrogen-bond donors (Lipinski definition) is 0. The molecule has 0 fully saturated rings. The number of furan rings is 1. The Bertz CT molecular complexity index is 1500. The minimum Gasteiger partial charge on any atom is -0.454 e. The van der Waals surface area contributed by atoms with Crippen molar-refractivity contribution in [2.75, 3.05) is 0 Å². The highest BCUT2D eigenvalue weighted by molar-refractivity contribution is 6.13. The minimum atomic E-state index is -0.282. The Morgan fingerprint density at radius 3 is 2.48 bits per heavy atom. The maximum absolute atomic E-state index is 15.3. The van der Waals surface area contributed by atoms with Gasteiger partial charge in [0, 0.05) is 22.9 Å². The molecule has 0 saturated carbocycles. The van der Waals surface area contributed by atoms with Crippen LogP contribution in [0.5, 0.6) is 0 Å². The highest BCUT2D eigenvalue weighted by atomic mass is 19.1. The summed E-state index contributed by atoms with van der Waals surface area (Å²) in [6.07, 6.45) is 2.02. The van der Waals surface area contributed by atoms with Crippen molar-refractivity contribution in [1.82, 2.24) is 0 Å². The number of pyridine rings is 1. The number of aromatic nitrogens is 1. The highest BCUT2D eigenvalue weighted by Crippen LogP contribution is 2.43. The molecule has 2 aromatic heterocycles. The molecule has 31 heavy (non-hydrogen) atoms. The summed E-state index contributed by atoms with van der Waals surface area (Å²) in [6, 6.07) is 19.6. The molecule has 0 atom stereocenters. The van der Waals surface area contributed by atoms with E-state index >= 15 is 4.39 Å². The van der Waals surface area contributed by atoms with Crippen LogP contribution < -0.4 is 4.57 Å². The molecule has 0 saturated heterocycles. The molecule has 0 spiro atoms. The van der Waals surface area contributed by atoms with Gasteiger partial charge in [0.15, 0.2) is 6.20 Å². The first-order chi connectivity index (χ1) is 15.1. The highest BCUT2D eigenvalue weighted by Gasteiger charge is 2.25. The van der Waals surface area contributed by atoms with E-state index in [4.69, 9.17) is 9.15 Å². The fourth-order valence-electron chi connectivity index (χ4n) is 4.77. The van der Waals surface area contributed by atoms with Gasteiger partial charge in [-0.2, -0.15) is 0 Å². The fraction of sp³-hybridized carbons (Fsp3) is 0.148. The summed E-state index contributed by atoms with van der Waals surface area (Å²) in [7, 11) is 2.02. The van der Waals surface area contributed by atoms with Gasteiger partial charge in [0.1, 0.15) is 24.0 Å². The van der Waals surface area contributed by atoms with Crippen LogP contribution >= 0.6 is 0 Å². The van der Waals surface area contributed by atoms with Crippen molar-refractivity contribution in [1.29, 1.82) is 0 Å². The van der Waals surface area contributed by atoms with Crippen LogP contribution in [-0.2, 0) is 25.0 Å². The molecule has 1 aliphatic heterocycles. The van der Waals surface area contributed by atoms with Gasteiger partial charge in [0.2, 0.25) is 5.69 Å². The van der Waals surface area contributed by atoms with Gasteiger partial charge in [-0.25, -0.2) is 8.96 Å². The van der Waals surface area contributed by atoms with Crippen LogP contribution in [0.4, 0.5) is 4.39 Å². The minimum absolute atomic E-state index is 0.282. The van der Waals surface area contributed by atoms with E-state index in [1.807, 2.05) is 49.6 Å². The number of nitrogens with zero attached hydrogens (tertiary/aromatic N) is 1. The molecule has 0 radical (unpaired) electrons. The van der Waals surface area contributed by atoms with Crippen molar-refractivity contribution in [3.63, 3.8) is 0 Å². The summed E-state index contributed by atoms with van der Waals surface area (Å²) < 4.78 is 29.5. The molecule has 0 bridgehead atoms. The maximum Gasteiger partial charge on any atom is 0.216 e. The molecule has 0 N–H and O–H groups in total. The zero-order chi connectivity index (χ0) is 21.1. The van der Waals surface area contributed by atoms with Crippen LogP contribution in [-0.4, -0.2) is 0 Å². The van der Waals surface area contributed by atoms with Crippen LogP contribution in [0, 0.1) is 12.7 Å². The first-order valence-electron chi connectivity index (χ1n) is 10.4. The van der Waals surface area contributed by atoms with Crippen molar-refractivity contribution in [3.05, 3.63) is 89.4 Å². The summed E-state index contributed by atoms with van der Waals surface area (Å²) in [4.78, 5) is 0. The van der Waals surface area contributed by atoms with E-state index in [1.165, 1.54) is 0 Å². The summed E-state index contributed by atoms with van der Waals surface area (Å²) in [5.41, 5.74) is 8.08. The lowest BCUT2D eigenvalue weighted by Gasteiger charge is -2.09. The van der Waals surface area contributed by atoms with Gasteiger partial charge >= 0.3 is 0 Å². The first kappa shape index (κ1) is 18.3. The lowest BCUT2D eigenvalue weighted by Crippen LogP contribution is -2.30. The molecular formula is C27H21FNO2+. The zero-order valence-corrected chi connectivity index (χ0v) is 17.4. The normalized spacial score (nSPS) is 13.3. The lowest BCUT2D eigenvalue weighted by atomic mass is 9.94. The summed E-state index contributed by atoms with van der Waals surface area (Å²) in [5.74, 6) is -0.282. The molecule has 3 heterocycles. The summed E-state index contributed by atoms with van der Waals surface area (Å²) >= 11 is 0. The molecule has 6 rings (SSSR count). The molecule has 0 unspecified atom stereocenters. The number of hydrogen-bond acceptors (Lipinski definition) is 2. The average molecular weight is 410 g/mol. The van der Waals surface area contributed by atoms with Crippen LogP contribution in [0.25, 0.3) is 44.3 Å². The second-order valence-electron chi connectivity index (χ2n) is 8.17. The average Bonchev–Trinajstić information content (AvgIpc) is 3.39. The van der Waals surface area contributed by atoms with Gasteiger partial charge in [-0.05, 0) is 47.4 Å². The molecule has 0 aliphatic carbocycles. The van der Waals surface area contributed by atoms with Crippen molar-refractivity contribution < 1.29 is 18.1 Å². The second-order valence-corrected chi connectivity index (χ2v) is 8.17. The van der Waals surface area contributed by atoms with Crippen LogP contribution in [0.3, 0.4) is 0 Å². The molecule has 5 aromatic rings. The van der Waals surface area contributed by atoms with E-state index < -0.39 is 0 Å². The van der Waals surface area contributed by atoms with E-state index in [2.05, 4.69) is 29.7 Å².